The van der Waals surface area contributed by atoms with Gasteiger partial charge in [-0.15, -0.1) is 0 Å². The van der Waals surface area contributed by atoms with Crippen LogP contribution in [0.5, 0.6) is 0 Å². The van der Waals surface area contributed by atoms with Gasteiger partial charge in [0.05, 0.1) is 0 Å². The van der Waals surface area contributed by atoms with Crippen molar-refractivity contribution in [2.45, 2.75) is 69.4 Å². The predicted molar refractivity (Wildman–Crippen MR) is 105 cm³/mol. The van der Waals surface area contributed by atoms with Crippen molar-refractivity contribution < 1.29 is 13.2 Å². The van der Waals surface area contributed by atoms with Crippen LogP contribution in [0, 0.1) is 5.92 Å². The maximum Gasteiger partial charge on any atom is 0.246 e. The van der Waals surface area contributed by atoms with E-state index >= 15 is 0 Å². The topological polar surface area (TPSA) is 70.6 Å². The first-order valence-corrected chi connectivity index (χ1v) is 11.6. The van der Waals surface area contributed by atoms with Crippen LogP contribution in [-0.4, -0.2) is 53.7 Å². The maximum absolute atomic E-state index is 13.1. The summed E-state index contributed by atoms with van der Waals surface area (Å²) in [6.45, 7) is 4.81. The summed E-state index contributed by atoms with van der Waals surface area (Å²) < 4.78 is 27.1. The van der Waals surface area contributed by atoms with Crippen molar-refractivity contribution in [3.8, 4) is 0 Å². The van der Waals surface area contributed by atoms with Crippen LogP contribution in [-0.2, 0) is 14.8 Å². The number of aromatic nitrogens is 1. The molecule has 1 aliphatic heterocycles. The SMILES string of the molecule is CC(C)N(C(=O)C1CCN(S(=O)(=O)c2cccnc2Cl)CC1)C1CCCC1. The fraction of sp³-hybridized carbons (Fsp3) is 0.684. The van der Waals surface area contributed by atoms with Crippen molar-refractivity contribution in [1.29, 1.82) is 0 Å². The van der Waals surface area contributed by atoms with E-state index in [0.717, 1.165) is 12.8 Å². The smallest absolute Gasteiger partial charge is 0.246 e. The van der Waals surface area contributed by atoms with Gasteiger partial charge in [0.2, 0.25) is 15.9 Å². The third kappa shape index (κ3) is 4.30. The molecule has 0 unspecified atom stereocenters. The summed E-state index contributed by atoms with van der Waals surface area (Å²) in [5.74, 6) is 0.0807. The Morgan fingerprint density at radius 3 is 2.41 bits per heavy atom. The van der Waals surface area contributed by atoms with Gasteiger partial charge < -0.3 is 4.90 Å². The van der Waals surface area contributed by atoms with E-state index < -0.39 is 10.0 Å². The zero-order chi connectivity index (χ0) is 19.6. The zero-order valence-corrected chi connectivity index (χ0v) is 17.5. The molecule has 150 valence electrons. The summed E-state index contributed by atoms with van der Waals surface area (Å²) in [5, 5.41) is -0.0112. The minimum Gasteiger partial charge on any atom is -0.337 e. The van der Waals surface area contributed by atoms with Gasteiger partial charge in [-0.25, -0.2) is 13.4 Å². The van der Waals surface area contributed by atoms with E-state index in [1.54, 1.807) is 6.07 Å². The third-order valence-corrected chi connectivity index (χ3v) is 8.02. The average molecular weight is 414 g/mol. The molecule has 0 aromatic carbocycles. The molecule has 6 nitrogen and oxygen atoms in total. The molecular formula is C19H28ClN3O3S. The molecule has 8 heteroatoms. The van der Waals surface area contributed by atoms with Crippen LogP contribution in [0.3, 0.4) is 0 Å². The summed E-state index contributed by atoms with van der Waals surface area (Å²) in [6, 6.07) is 3.56. The lowest BCUT2D eigenvalue weighted by Gasteiger charge is -2.38. The van der Waals surface area contributed by atoms with E-state index in [2.05, 4.69) is 23.7 Å². The second-order valence-corrected chi connectivity index (χ2v) is 10.0. The van der Waals surface area contributed by atoms with Crippen LogP contribution in [0.25, 0.3) is 0 Å². The second kappa shape index (κ2) is 8.45. The highest BCUT2D eigenvalue weighted by molar-refractivity contribution is 7.89. The van der Waals surface area contributed by atoms with Crippen LogP contribution >= 0.6 is 11.6 Å². The van der Waals surface area contributed by atoms with Crippen molar-refractivity contribution in [3.05, 3.63) is 23.5 Å². The fourth-order valence-electron chi connectivity index (χ4n) is 4.30. The number of rotatable bonds is 5. The Labute approximate surface area is 166 Å². The number of piperidine rings is 1. The van der Waals surface area contributed by atoms with Gasteiger partial charge in [-0.3, -0.25) is 4.79 Å². The molecule has 3 rings (SSSR count). The minimum atomic E-state index is -3.68. The van der Waals surface area contributed by atoms with Gasteiger partial charge in [0.1, 0.15) is 10.0 Å². The minimum absolute atomic E-state index is 0.0112. The Morgan fingerprint density at radius 1 is 1.22 bits per heavy atom. The molecule has 1 saturated heterocycles. The maximum atomic E-state index is 13.1. The summed E-state index contributed by atoms with van der Waals surface area (Å²) in [7, 11) is -3.68. The monoisotopic (exact) mass is 413 g/mol. The van der Waals surface area contributed by atoms with Gasteiger partial charge in [-0.05, 0) is 51.7 Å². The summed E-state index contributed by atoms with van der Waals surface area (Å²) in [6.07, 6.45) is 7.09. The number of pyridine rings is 1. The Kier molecular flexibility index (Phi) is 6.43. The van der Waals surface area contributed by atoms with Crippen molar-refractivity contribution in [3.63, 3.8) is 0 Å². The average Bonchev–Trinajstić information content (AvgIpc) is 3.16. The lowest BCUT2D eigenvalue weighted by Crippen LogP contribution is -2.49. The van der Waals surface area contributed by atoms with E-state index in [4.69, 9.17) is 11.6 Å². The molecule has 1 amide bonds. The van der Waals surface area contributed by atoms with Crippen molar-refractivity contribution >= 4 is 27.5 Å². The van der Waals surface area contributed by atoms with Gasteiger partial charge in [0.15, 0.2) is 0 Å². The Balaban J connectivity index is 1.67. The number of nitrogens with zero attached hydrogens (tertiary/aromatic N) is 3. The third-order valence-electron chi connectivity index (χ3n) is 5.67. The molecule has 1 aromatic heterocycles. The molecule has 1 aliphatic carbocycles. The first-order chi connectivity index (χ1) is 12.8. The van der Waals surface area contributed by atoms with Gasteiger partial charge >= 0.3 is 0 Å². The van der Waals surface area contributed by atoms with Crippen LogP contribution in [0.15, 0.2) is 23.2 Å². The van der Waals surface area contributed by atoms with Crippen LogP contribution < -0.4 is 0 Å². The van der Waals surface area contributed by atoms with Crippen molar-refractivity contribution in [1.82, 2.24) is 14.2 Å². The molecule has 1 aromatic rings. The highest BCUT2D eigenvalue weighted by atomic mass is 35.5. The van der Waals surface area contributed by atoms with Crippen molar-refractivity contribution in [2.75, 3.05) is 13.1 Å². The molecule has 0 spiro atoms. The number of hydrogen-bond acceptors (Lipinski definition) is 4. The van der Waals surface area contributed by atoms with Gasteiger partial charge in [-0.1, -0.05) is 24.4 Å². The first kappa shape index (κ1) is 20.6. The zero-order valence-electron chi connectivity index (χ0n) is 16.0. The lowest BCUT2D eigenvalue weighted by molar-refractivity contribution is -0.141. The molecule has 0 atom stereocenters. The standard InChI is InChI=1S/C19H28ClN3O3S/c1-14(2)23(16-6-3-4-7-16)19(24)15-9-12-22(13-10-15)27(25,26)17-8-5-11-21-18(17)20/h5,8,11,14-16H,3-4,6-7,9-10,12-13H2,1-2H3. The number of hydrogen-bond donors (Lipinski definition) is 0. The normalized spacial score (nSPS) is 20.3. The number of carbonyl (C=O) groups is 1. The fourth-order valence-corrected chi connectivity index (χ4v) is 6.19. The van der Waals surface area contributed by atoms with E-state index in [0.29, 0.717) is 32.0 Å². The van der Waals surface area contributed by atoms with Gasteiger partial charge in [-0.2, -0.15) is 4.31 Å². The van der Waals surface area contributed by atoms with Crippen LogP contribution in [0.4, 0.5) is 0 Å². The van der Waals surface area contributed by atoms with Gasteiger partial charge in [0.25, 0.3) is 0 Å². The molecule has 1 saturated carbocycles. The number of halogens is 1. The molecule has 0 bridgehead atoms. The molecule has 2 fully saturated rings. The highest BCUT2D eigenvalue weighted by Gasteiger charge is 2.37. The van der Waals surface area contributed by atoms with E-state index in [9.17, 15) is 13.2 Å². The molecule has 2 heterocycles. The quantitative estimate of drug-likeness (QED) is 0.694. The largest absolute Gasteiger partial charge is 0.337 e. The summed E-state index contributed by atoms with van der Waals surface area (Å²) >= 11 is 5.98. The second-order valence-electron chi connectivity index (χ2n) is 7.75. The number of sulfonamides is 1. The first-order valence-electron chi connectivity index (χ1n) is 9.75. The summed E-state index contributed by atoms with van der Waals surface area (Å²) in [5.41, 5.74) is 0. The molecule has 0 N–H and O–H groups in total. The van der Waals surface area contributed by atoms with E-state index in [1.807, 2.05) is 0 Å². The molecule has 27 heavy (non-hydrogen) atoms. The van der Waals surface area contributed by atoms with E-state index in [-0.39, 0.29) is 27.9 Å². The van der Waals surface area contributed by atoms with Gasteiger partial charge in [0, 0.05) is 37.3 Å². The Bertz CT molecular complexity index is 770. The predicted octanol–water partition coefficient (Wildman–Crippen LogP) is 3.32. The molecule has 0 radical (unpaired) electrons. The lowest BCUT2D eigenvalue weighted by atomic mass is 9.95. The van der Waals surface area contributed by atoms with Crippen LogP contribution in [0.1, 0.15) is 52.4 Å². The number of carbonyl (C=O) groups excluding carboxylic acids is 1. The Hall–Kier alpha value is -1.18. The van der Waals surface area contributed by atoms with Crippen LogP contribution in [0.2, 0.25) is 5.15 Å². The molecular weight excluding hydrogens is 386 g/mol. The number of amides is 1. The summed E-state index contributed by atoms with van der Waals surface area (Å²) in [4.78, 5) is 19.1. The highest BCUT2D eigenvalue weighted by Crippen LogP contribution is 2.31. The van der Waals surface area contributed by atoms with Crippen molar-refractivity contribution in [2.24, 2.45) is 5.92 Å². The Morgan fingerprint density at radius 2 is 1.85 bits per heavy atom. The van der Waals surface area contributed by atoms with E-state index in [1.165, 1.54) is 29.4 Å². The molecule has 2 aliphatic rings.